The van der Waals surface area contributed by atoms with Crippen LogP contribution in [0, 0.1) is 5.41 Å². The van der Waals surface area contributed by atoms with Gasteiger partial charge in [0.05, 0.1) is 22.5 Å². The van der Waals surface area contributed by atoms with Gasteiger partial charge in [-0.1, -0.05) is 111 Å². The summed E-state index contributed by atoms with van der Waals surface area (Å²) in [5.74, 6) is -1.23. The first kappa shape index (κ1) is 56.6. The van der Waals surface area contributed by atoms with Crippen LogP contribution in [-0.4, -0.2) is 59.9 Å². The van der Waals surface area contributed by atoms with Crippen molar-refractivity contribution in [3.8, 4) is 11.4 Å². The summed E-state index contributed by atoms with van der Waals surface area (Å²) in [6.07, 6.45) is 11.0. The van der Waals surface area contributed by atoms with Gasteiger partial charge in [0.2, 0.25) is 0 Å². The summed E-state index contributed by atoms with van der Waals surface area (Å²) < 4.78 is 37.5. The van der Waals surface area contributed by atoms with E-state index in [1.807, 2.05) is 66.7 Å². The topological polar surface area (TPSA) is 201 Å². The number of para-hydroxylation sites is 2. The van der Waals surface area contributed by atoms with Crippen LogP contribution in [0.5, 0.6) is 0 Å². The number of nitrogens with one attached hydrogen (secondary N) is 2. The van der Waals surface area contributed by atoms with Gasteiger partial charge in [-0.15, -0.1) is 17.5 Å². The summed E-state index contributed by atoms with van der Waals surface area (Å²) >= 11 is 5.45. The number of carboxylic acid groups (broad SMARTS) is 2. The quantitative estimate of drug-likeness (QED) is 0.0362. The van der Waals surface area contributed by atoms with Crippen LogP contribution in [0.25, 0.3) is 44.0 Å². The molecule has 18 heteroatoms. The minimum atomic E-state index is -4.75. The summed E-state index contributed by atoms with van der Waals surface area (Å²) in [6.45, 7) is 2.18. The molecule has 73 heavy (non-hydrogen) atoms. The first-order valence-electron chi connectivity index (χ1n) is 22.7. The first-order valence-corrected chi connectivity index (χ1v) is 24.1. The number of thiocarbonyl (C=S) groups is 1. The predicted molar refractivity (Wildman–Crippen MR) is 285 cm³/mol. The number of hydrogen-bond acceptors (Lipinski definition) is 9. The Morgan fingerprint density at radius 2 is 1.51 bits per heavy atom. The van der Waals surface area contributed by atoms with Gasteiger partial charge in [-0.05, 0) is 115 Å². The number of pyridine rings is 3. The number of carbonyl (C=O) groups is 2. The van der Waals surface area contributed by atoms with E-state index in [4.69, 9.17) is 16.6 Å². The molecule has 3 aromatic carbocycles. The summed E-state index contributed by atoms with van der Waals surface area (Å²) in [5.41, 5.74) is 14.2. The normalized spacial score (nSPS) is 13.9. The molecule has 6 aromatic rings. The molecule has 0 radical (unpaired) electrons. The molecule has 4 N–H and O–H groups in total. The molecule has 374 valence electrons. The van der Waals surface area contributed by atoms with Crippen LogP contribution in [0.2, 0.25) is 0 Å². The number of isothiocyanates is 1. The van der Waals surface area contributed by atoms with Gasteiger partial charge >= 0.3 is 37.6 Å². The molecule has 2 aliphatic rings. The monoisotopic (exact) mass is 1110 g/mol. The van der Waals surface area contributed by atoms with Gasteiger partial charge in [0.1, 0.15) is 5.71 Å². The van der Waals surface area contributed by atoms with Crippen molar-refractivity contribution in [1.29, 1.82) is 5.41 Å². The fourth-order valence-corrected chi connectivity index (χ4v) is 8.98. The Hall–Kier alpha value is -7.36. The molecule has 0 fully saturated rings. The largest absolute Gasteiger partial charge is 2.00 e. The van der Waals surface area contributed by atoms with Crippen molar-refractivity contribution in [2.24, 2.45) is 0 Å². The molecule has 8 rings (SSSR count). The molecule has 1 atom stereocenters. The van der Waals surface area contributed by atoms with Crippen molar-refractivity contribution in [1.82, 2.24) is 15.0 Å². The maximum atomic E-state index is 12.5. The molecule has 0 amide bonds. The number of aromatic carboxylic acids is 2. The van der Waals surface area contributed by atoms with Gasteiger partial charge < -0.3 is 31.6 Å². The minimum absolute atomic E-state index is 0. The Morgan fingerprint density at radius 3 is 2.15 bits per heavy atom. The molecule has 5 heterocycles. The van der Waals surface area contributed by atoms with Crippen LogP contribution >= 0.6 is 24.0 Å². The molecule has 1 unspecified atom stereocenters. The number of halogens is 3. The summed E-state index contributed by atoms with van der Waals surface area (Å²) in [5, 5.41) is 39.3. The second-order valence-corrected chi connectivity index (χ2v) is 17.4. The minimum Gasteiger partial charge on any atom is -0.753 e. The molecule has 0 bridgehead atoms. The Kier molecular flexibility index (Phi) is 21.3. The van der Waals surface area contributed by atoms with Crippen LogP contribution < -0.4 is 4.90 Å². The second-order valence-electron chi connectivity index (χ2n) is 16.1. The number of alkyl halides is 3. The zero-order valence-corrected chi connectivity index (χ0v) is 42.6. The van der Waals surface area contributed by atoms with Crippen LogP contribution in [-0.2, 0) is 19.5 Å². The van der Waals surface area contributed by atoms with Crippen molar-refractivity contribution < 1.29 is 52.5 Å². The molecule has 3 aromatic heterocycles. The summed E-state index contributed by atoms with van der Waals surface area (Å²) in [4.78, 5) is 39.8. The number of thioether (sulfide) groups is 1. The third-order valence-electron chi connectivity index (χ3n) is 11.2. The average molecular weight is 1110 g/mol. The molecular weight excluding hydrogens is 1060 g/mol. The third kappa shape index (κ3) is 15.8. The van der Waals surface area contributed by atoms with Gasteiger partial charge in [-0.2, -0.15) is 24.5 Å². The molecular formula is C55H48F3N8O4RuS2-. The van der Waals surface area contributed by atoms with Gasteiger partial charge in [0.15, 0.2) is 0 Å². The second kappa shape index (κ2) is 27.5. The van der Waals surface area contributed by atoms with E-state index >= 15 is 0 Å². The Balaban J connectivity index is 0.000000283. The van der Waals surface area contributed by atoms with Gasteiger partial charge in [-0.25, -0.2) is 9.59 Å². The number of aromatic nitrogens is 3. The predicted octanol–water partition coefficient (Wildman–Crippen LogP) is 15.6. The SMILES string of the molecule is CCCCCCC1=C(c2ccnc(/C([NH-])=C/C(=N)C(F)(F)F)c2)SCC1.O=C(O)c1ccnc(-c2cc(C(=O)O)cc(C3C=C(c4cccc(N(c5ccccc5)c5ccccc5)c4)C=C[N-]3)n2)c1.[N-]=C=S.[Ru+2]. The zero-order chi connectivity index (χ0) is 51.6. The Labute approximate surface area is 443 Å². The maximum Gasteiger partial charge on any atom is 2.00 e. The molecule has 0 saturated carbocycles. The number of nitrogens with zero attached hydrogens (tertiary/aromatic N) is 6. The molecule has 0 aliphatic carbocycles. The van der Waals surface area contributed by atoms with Crippen LogP contribution in [0.3, 0.4) is 0 Å². The number of carboxylic acids is 2. The van der Waals surface area contributed by atoms with E-state index < -0.39 is 35.6 Å². The smallest absolute Gasteiger partial charge is 0.753 e. The zero-order valence-electron chi connectivity index (χ0n) is 39.2. The van der Waals surface area contributed by atoms with Crippen molar-refractivity contribution in [3.05, 3.63) is 214 Å². The number of anilines is 3. The summed E-state index contributed by atoms with van der Waals surface area (Å²) in [6, 6.07) is 37.0. The van der Waals surface area contributed by atoms with E-state index in [1.165, 1.54) is 71.6 Å². The number of allylic oxidation sites excluding steroid dienone is 4. The van der Waals surface area contributed by atoms with Crippen molar-refractivity contribution in [2.45, 2.75) is 57.7 Å². The van der Waals surface area contributed by atoms with E-state index in [-0.39, 0.29) is 47.7 Å². The number of hydrogen-bond donors (Lipinski definition) is 3. The van der Waals surface area contributed by atoms with Crippen molar-refractivity contribution in [2.75, 3.05) is 10.7 Å². The standard InChI is InChI=1S/C35H25N4O4.C19H23F3N3S.CNS.Ru/c40-34(41)25-15-17-37-31(20-25)33-22-26(35(42)43)21-32(38-33)30-19-24(14-16-36-30)23-8-7-13-29(18-23)39(27-9-3-1-4-10-27)28-11-5-2-6-12-28;1-2-3-4-5-6-13-8-10-26-18(13)14-7-9-25-16(11-14)15(23)12-17(24)19(20,21)22;2-1-3;/h1-22,30H,(H,40,41)(H,42,43);7,9,11-12,23-24H,2-6,8,10H2,1H3;;/q3*-1;+2/b;15-12-,24-17?;;. The molecule has 2 aliphatic heterocycles. The molecule has 0 spiro atoms. The number of rotatable bonds is 16. The van der Waals surface area contributed by atoms with Crippen molar-refractivity contribution in [3.63, 3.8) is 0 Å². The third-order valence-corrected chi connectivity index (χ3v) is 12.4. The first-order chi connectivity index (χ1) is 34.7. The molecule has 0 saturated heterocycles. The fourth-order valence-electron chi connectivity index (χ4n) is 7.73. The van der Waals surface area contributed by atoms with Crippen molar-refractivity contribution >= 4 is 80.0 Å². The Morgan fingerprint density at radius 1 is 0.863 bits per heavy atom. The van der Waals surface area contributed by atoms with E-state index in [2.05, 4.69) is 80.7 Å². The van der Waals surface area contributed by atoms with E-state index in [9.17, 15) is 33.0 Å². The van der Waals surface area contributed by atoms with Gasteiger partial charge in [0.25, 0.3) is 0 Å². The van der Waals surface area contributed by atoms with E-state index in [0.29, 0.717) is 11.8 Å². The average Bonchev–Trinajstić information content (AvgIpc) is 3.87. The van der Waals surface area contributed by atoms with Crippen LogP contribution in [0.15, 0.2) is 164 Å². The van der Waals surface area contributed by atoms with Gasteiger partial charge in [0, 0.05) is 51.5 Å². The number of benzene rings is 3. The maximum absolute atomic E-state index is 12.5. The van der Waals surface area contributed by atoms with E-state index in [0.717, 1.165) is 58.8 Å². The van der Waals surface area contributed by atoms with E-state index in [1.54, 1.807) is 24.0 Å². The summed E-state index contributed by atoms with van der Waals surface area (Å²) in [7, 11) is 0. The molecule has 12 nitrogen and oxygen atoms in total. The van der Waals surface area contributed by atoms with Crippen LogP contribution in [0.4, 0.5) is 30.2 Å². The van der Waals surface area contributed by atoms with Gasteiger partial charge in [-0.3, -0.25) is 20.4 Å². The van der Waals surface area contributed by atoms with Crippen LogP contribution in [0.1, 0.15) is 94.7 Å². The number of unbranched alkanes of at least 4 members (excludes halogenated alkanes) is 3. The Bertz CT molecular complexity index is 3020. The fraction of sp³-hybridized carbons (Fsp3) is 0.182.